The van der Waals surface area contributed by atoms with Gasteiger partial charge in [0, 0.05) is 6.54 Å². The van der Waals surface area contributed by atoms with Crippen molar-refractivity contribution in [2.45, 2.75) is 44.6 Å². The van der Waals surface area contributed by atoms with E-state index >= 15 is 0 Å². The van der Waals surface area contributed by atoms with Crippen LogP contribution in [-0.4, -0.2) is 18.2 Å². The third-order valence-electron chi connectivity index (χ3n) is 3.77. The minimum Gasteiger partial charge on any atom is -0.384 e. The normalized spacial score (nSPS) is 21.3. The van der Waals surface area contributed by atoms with E-state index in [2.05, 4.69) is 5.32 Å². The zero-order valence-corrected chi connectivity index (χ0v) is 11.4. The number of nitrogens with one attached hydrogen (secondary N) is 1. The van der Waals surface area contributed by atoms with Gasteiger partial charge < -0.3 is 10.4 Å². The Morgan fingerprint density at radius 2 is 2.18 bits per heavy atom. The summed E-state index contributed by atoms with van der Waals surface area (Å²) < 4.78 is 0. The van der Waals surface area contributed by atoms with Crippen LogP contribution in [0.15, 0.2) is 16.8 Å². The van der Waals surface area contributed by atoms with Gasteiger partial charge in [0.1, 0.15) is 0 Å². The maximum Gasteiger partial charge on any atom is 0.1000 e. The fourth-order valence-corrected chi connectivity index (χ4v) is 3.37. The number of rotatable bonds is 5. The second-order valence-electron chi connectivity index (χ2n) is 5.42. The van der Waals surface area contributed by atoms with E-state index in [1.54, 1.807) is 11.3 Å². The Hall–Kier alpha value is -0.380. The highest BCUT2D eigenvalue weighted by molar-refractivity contribution is 7.08. The molecule has 2 rings (SSSR count). The summed E-state index contributed by atoms with van der Waals surface area (Å²) >= 11 is 1.64. The van der Waals surface area contributed by atoms with Crippen molar-refractivity contribution in [1.82, 2.24) is 5.32 Å². The highest BCUT2D eigenvalue weighted by atomic mass is 32.1. The third kappa shape index (κ3) is 3.80. The SMILES string of the molecule is CC(O)(CNCC1CCCCC1)c1ccsc1. The molecule has 1 aromatic heterocycles. The van der Waals surface area contributed by atoms with Gasteiger partial charge in [-0.05, 0) is 54.6 Å². The maximum atomic E-state index is 10.3. The van der Waals surface area contributed by atoms with Crippen LogP contribution in [0.1, 0.15) is 44.6 Å². The number of thiophene rings is 1. The van der Waals surface area contributed by atoms with E-state index in [1.807, 2.05) is 23.8 Å². The Balaban J connectivity index is 1.74. The molecule has 0 amide bonds. The number of hydrogen-bond acceptors (Lipinski definition) is 3. The molecule has 1 unspecified atom stereocenters. The molecule has 1 atom stereocenters. The Labute approximate surface area is 108 Å². The lowest BCUT2D eigenvalue weighted by Gasteiger charge is -2.26. The summed E-state index contributed by atoms with van der Waals surface area (Å²) in [5.41, 5.74) is 0.299. The van der Waals surface area contributed by atoms with Crippen molar-refractivity contribution in [3.8, 4) is 0 Å². The minimum atomic E-state index is -0.728. The molecule has 0 aliphatic heterocycles. The lowest BCUT2D eigenvalue weighted by molar-refractivity contribution is 0.0559. The quantitative estimate of drug-likeness (QED) is 0.845. The molecule has 0 radical (unpaired) electrons. The van der Waals surface area contributed by atoms with E-state index in [1.165, 1.54) is 32.1 Å². The van der Waals surface area contributed by atoms with Crippen molar-refractivity contribution >= 4 is 11.3 Å². The molecular formula is C14H23NOS. The van der Waals surface area contributed by atoms with Crippen LogP contribution in [0.4, 0.5) is 0 Å². The molecule has 0 saturated heterocycles. The van der Waals surface area contributed by atoms with Crippen molar-refractivity contribution < 1.29 is 5.11 Å². The number of hydrogen-bond donors (Lipinski definition) is 2. The van der Waals surface area contributed by atoms with Gasteiger partial charge in [0.2, 0.25) is 0 Å². The van der Waals surface area contributed by atoms with Crippen LogP contribution < -0.4 is 5.32 Å². The molecule has 1 saturated carbocycles. The molecule has 0 bridgehead atoms. The average molecular weight is 253 g/mol. The van der Waals surface area contributed by atoms with E-state index in [4.69, 9.17) is 0 Å². The number of aliphatic hydroxyl groups is 1. The highest BCUT2D eigenvalue weighted by Gasteiger charge is 2.23. The average Bonchev–Trinajstić information content (AvgIpc) is 2.84. The van der Waals surface area contributed by atoms with Gasteiger partial charge in [0.25, 0.3) is 0 Å². The predicted octanol–water partition coefficient (Wildman–Crippen LogP) is 3.13. The van der Waals surface area contributed by atoms with Crippen molar-refractivity contribution in [3.63, 3.8) is 0 Å². The van der Waals surface area contributed by atoms with Gasteiger partial charge in [-0.15, -0.1) is 0 Å². The van der Waals surface area contributed by atoms with Crippen molar-refractivity contribution in [2.75, 3.05) is 13.1 Å². The minimum absolute atomic E-state index is 0.653. The second kappa shape index (κ2) is 5.98. The van der Waals surface area contributed by atoms with Crippen LogP contribution in [0.25, 0.3) is 0 Å². The van der Waals surface area contributed by atoms with Crippen LogP contribution in [0, 0.1) is 5.92 Å². The topological polar surface area (TPSA) is 32.3 Å². The Bertz CT molecular complexity index is 315. The third-order valence-corrected chi connectivity index (χ3v) is 4.45. The first-order valence-corrected chi connectivity index (χ1v) is 7.58. The van der Waals surface area contributed by atoms with Gasteiger partial charge in [0.05, 0.1) is 5.60 Å². The van der Waals surface area contributed by atoms with Crippen LogP contribution in [0.3, 0.4) is 0 Å². The van der Waals surface area contributed by atoms with Crippen molar-refractivity contribution in [2.24, 2.45) is 5.92 Å². The molecule has 2 N–H and O–H groups in total. The summed E-state index contributed by atoms with van der Waals surface area (Å²) in [5.74, 6) is 0.821. The van der Waals surface area contributed by atoms with E-state index in [0.29, 0.717) is 6.54 Å². The van der Waals surface area contributed by atoms with E-state index in [0.717, 1.165) is 18.0 Å². The Morgan fingerprint density at radius 3 is 2.82 bits per heavy atom. The molecule has 1 aliphatic rings. The lowest BCUT2D eigenvalue weighted by atomic mass is 9.89. The molecule has 2 nitrogen and oxygen atoms in total. The maximum absolute atomic E-state index is 10.3. The summed E-state index contributed by atoms with van der Waals surface area (Å²) in [6, 6.07) is 2.01. The zero-order valence-electron chi connectivity index (χ0n) is 10.6. The molecule has 3 heteroatoms. The first-order valence-electron chi connectivity index (χ1n) is 6.64. The highest BCUT2D eigenvalue weighted by Crippen LogP contribution is 2.24. The molecular weight excluding hydrogens is 230 g/mol. The summed E-state index contributed by atoms with van der Waals surface area (Å²) in [4.78, 5) is 0. The Kier molecular flexibility index (Phi) is 4.60. The van der Waals surface area contributed by atoms with Crippen LogP contribution in [0.2, 0.25) is 0 Å². The first-order chi connectivity index (χ1) is 8.18. The largest absolute Gasteiger partial charge is 0.384 e. The molecule has 96 valence electrons. The monoisotopic (exact) mass is 253 g/mol. The summed E-state index contributed by atoms with van der Waals surface area (Å²) in [6.07, 6.45) is 6.88. The lowest BCUT2D eigenvalue weighted by Crippen LogP contribution is -2.37. The van der Waals surface area contributed by atoms with Crippen LogP contribution >= 0.6 is 11.3 Å². The van der Waals surface area contributed by atoms with Crippen LogP contribution in [-0.2, 0) is 5.60 Å². The zero-order chi connectivity index (χ0) is 12.1. The van der Waals surface area contributed by atoms with Crippen molar-refractivity contribution in [1.29, 1.82) is 0 Å². The van der Waals surface area contributed by atoms with Gasteiger partial charge in [0.15, 0.2) is 0 Å². The molecule has 0 aromatic carbocycles. The van der Waals surface area contributed by atoms with E-state index < -0.39 is 5.60 Å². The molecule has 0 spiro atoms. The molecule has 1 heterocycles. The van der Waals surface area contributed by atoms with Crippen LogP contribution in [0.5, 0.6) is 0 Å². The second-order valence-corrected chi connectivity index (χ2v) is 6.20. The van der Waals surface area contributed by atoms with E-state index in [-0.39, 0.29) is 0 Å². The fourth-order valence-electron chi connectivity index (χ4n) is 2.58. The fraction of sp³-hybridized carbons (Fsp3) is 0.714. The summed E-state index contributed by atoms with van der Waals surface area (Å²) in [6.45, 7) is 3.60. The van der Waals surface area contributed by atoms with Gasteiger partial charge in [-0.2, -0.15) is 11.3 Å². The summed E-state index contributed by atoms with van der Waals surface area (Å²) in [5, 5.41) is 17.8. The Morgan fingerprint density at radius 1 is 1.41 bits per heavy atom. The van der Waals surface area contributed by atoms with Gasteiger partial charge in [-0.3, -0.25) is 0 Å². The van der Waals surface area contributed by atoms with Gasteiger partial charge in [-0.1, -0.05) is 19.3 Å². The van der Waals surface area contributed by atoms with Crippen molar-refractivity contribution in [3.05, 3.63) is 22.4 Å². The summed E-state index contributed by atoms with van der Waals surface area (Å²) in [7, 11) is 0. The molecule has 1 aromatic rings. The molecule has 17 heavy (non-hydrogen) atoms. The predicted molar refractivity (Wildman–Crippen MR) is 73.3 cm³/mol. The standard InChI is InChI=1S/C14H23NOS/c1-14(16,13-7-8-17-10-13)11-15-9-12-5-3-2-4-6-12/h7-8,10,12,15-16H,2-6,9,11H2,1H3. The first kappa shape index (κ1) is 13.1. The van der Waals surface area contributed by atoms with E-state index in [9.17, 15) is 5.11 Å². The van der Waals surface area contributed by atoms with Gasteiger partial charge >= 0.3 is 0 Å². The molecule has 1 fully saturated rings. The smallest absolute Gasteiger partial charge is 0.1000 e. The molecule has 1 aliphatic carbocycles. The van der Waals surface area contributed by atoms with Gasteiger partial charge in [-0.25, -0.2) is 0 Å².